The van der Waals surface area contributed by atoms with Crippen molar-refractivity contribution in [2.75, 3.05) is 0 Å². The third-order valence-electron chi connectivity index (χ3n) is 2.06. The van der Waals surface area contributed by atoms with Crippen LogP contribution in [0.3, 0.4) is 0 Å². The molecule has 0 bridgehead atoms. The van der Waals surface area contributed by atoms with Gasteiger partial charge in [0.25, 0.3) is 0 Å². The summed E-state index contributed by atoms with van der Waals surface area (Å²) in [4.78, 5) is 8.36. The standard InChI is InChI=1S/C9H10N2/c1-2-7-5-11-9-3-4-10-6-8(7)9/h3-7H,2H2,1H3. The Bertz CT molecular complexity index is 291. The molecule has 0 spiro atoms. The van der Waals surface area contributed by atoms with Crippen LogP contribution >= 0.6 is 0 Å². The fourth-order valence-corrected chi connectivity index (χ4v) is 1.38. The summed E-state index contributed by atoms with van der Waals surface area (Å²) < 4.78 is 0. The summed E-state index contributed by atoms with van der Waals surface area (Å²) in [6, 6.07) is 1.96. The average Bonchev–Trinajstić information content (AvgIpc) is 2.47. The number of rotatable bonds is 1. The summed E-state index contributed by atoms with van der Waals surface area (Å²) >= 11 is 0. The first-order chi connectivity index (χ1) is 5.42. The quantitative estimate of drug-likeness (QED) is 0.596. The zero-order chi connectivity index (χ0) is 7.68. The van der Waals surface area contributed by atoms with Gasteiger partial charge in [0.2, 0.25) is 0 Å². The molecular weight excluding hydrogens is 136 g/mol. The van der Waals surface area contributed by atoms with E-state index in [1.807, 2.05) is 18.5 Å². The Morgan fingerprint density at radius 2 is 2.45 bits per heavy atom. The van der Waals surface area contributed by atoms with Crippen LogP contribution < -0.4 is 0 Å². The molecular formula is C9H10N2. The van der Waals surface area contributed by atoms with Gasteiger partial charge >= 0.3 is 0 Å². The van der Waals surface area contributed by atoms with E-state index in [9.17, 15) is 0 Å². The number of hydrogen-bond acceptors (Lipinski definition) is 2. The number of hydrogen-bond donors (Lipinski definition) is 0. The SMILES string of the molecule is CCC1C=Nc2ccncc21. The van der Waals surface area contributed by atoms with E-state index in [0.29, 0.717) is 5.92 Å². The lowest BCUT2D eigenvalue weighted by Gasteiger charge is -2.02. The monoisotopic (exact) mass is 146 g/mol. The van der Waals surface area contributed by atoms with Gasteiger partial charge in [-0.25, -0.2) is 0 Å². The minimum Gasteiger partial charge on any atom is -0.264 e. The second-order valence-corrected chi connectivity index (χ2v) is 2.73. The Morgan fingerprint density at radius 1 is 1.55 bits per heavy atom. The van der Waals surface area contributed by atoms with Gasteiger partial charge in [-0.05, 0) is 12.5 Å². The second-order valence-electron chi connectivity index (χ2n) is 2.73. The van der Waals surface area contributed by atoms with E-state index in [-0.39, 0.29) is 0 Å². The highest BCUT2D eigenvalue weighted by Crippen LogP contribution is 2.32. The Morgan fingerprint density at radius 3 is 3.27 bits per heavy atom. The smallest absolute Gasteiger partial charge is 0.0695 e. The average molecular weight is 146 g/mol. The van der Waals surface area contributed by atoms with Gasteiger partial charge in [-0.1, -0.05) is 6.92 Å². The van der Waals surface area contributed by atoms with Crippen molar-refractivity contribution in [2.24, 2.45) is 4.99 Å². The molecule has 0 aliphatic carbocycles. The van der Waals surface area contributed by atoms with Crippen LogP contribution in [0, 0.1) is 0 Å². The molecule has 2 heterocycles. The van der Waals surface area contributed by atoms with Crippen molar-refractivity contribution in [3.05, 3.63) is 24.0 Å². The fourth-order valence-electron chi connectivity index (χ4n) is 1.38. The highest BCUT2D eigenvalue weighted by Gasteiger charge is 2.15. The summed E-state index contributed by atoms with van der Waals surface area (Å²) in [6.45, 7) is 2.17. The first kappa shape index (κ1) is 6.53. The number of aromatic nitrogens is 1. The lowest BCUT2D eigenvalue weighted by molar-refractivity contribution is 0.869. The minimum absolute atomic E-state index is 0.499. The summed E-state index contributed by atoms with van der Waals surface area (Å²) in [5.41, 5.74) is 2.36. The maximum absolute atomic E-state index is 4.29. The molecule has 2 rings (SSSR count). The Balaban J connectivity index is 2.46. The predicted octanol–water partition coefficient (Wildman–Crippen LogP) is 2.29. The molecule has 1 aromatic heterocycles. The van der Waals surface area contributed by atoms with Crippen LogP contribution in [0.4, 0.5) is 5.69 Å². The predicted molar refractivity (Wildman–Crippen MR) is 45.4 cm³/mol. The normalized spacial score (nSPS) is 20.3. The Labute approximate surface area is 66.0 Å². The van der Waals surface area contributed by atoms with Crippen molar-refractivity contribution in [2.45, 2.75) is 19.3 Å². The zero-order valence-electron chi connectivity index (χ0n) is 6.49. The van der Waals surface area contributed by atoms with E-state index in [2.05, 4.69) is 16.9 Å². The van der Waals surface area contributed by atoms with Crippen LogP contribution in [0.15, 0.2) is 23.5 Å². The topological polar surface area (TPSA) is 25.2 Å². The molecule has 0 radical (unpaired) electrons. The largest absolute Gasteiger partial charge is 0.264 e. The lowest BCUT2D eigenvalue weighted by Crippen LogP contribution is -1.92. The molecule has 0 saturated carbocycles. The third kappa shape index (κ3) is 0.946. The highest BCUT2D eigenvalue weighted by atomic mass is 14.8. The van der Waals surface area contributed by atoms with Crippen molar-refractivity contribution >= 4 is 11.9 Å². The van der Waals surface area contributed by atoms with Gasteiger partial charge in [-0.15, -0.1) is 0 Å². The van der Waals surface area contributed by atoms with E-state index in [0.717, 1.165) is 12.1 Å². The van der Waals surface area contributed by atoms with Crippen LogP contribution in [-0.2, 0) is 0 Å². The second kappa shape index (κ2) is 2.46. The van der Waals surface area contributed by atoms with Gasteiger partial charge in [0, 0.05) is 30.1 Å². The molecule has 1 atom stereocenters. The van der Waals surface area contributed by atoms with E-state index in [1.165, 1.54) is 5.56 Å². The maximum Gasteiger partial charge on any atom is 0.0695 e. The molecule has 0 fully saturated rings. The third-order valence-corrected chi connectivity index (χ3v) is 2.06. The molecule has 2 heteroatoms. The van der Waals surface area contributed by atoms with Gasteiger partial charge < -0.3 is 0 Å². The first-order valence-electron chi connectivity index (χ1n) is 3.90. The van der Waals surface area contributed by atoms with E-state index in [4.69, 9.17) is 0 Å². The van der Waals surface area contributed by atoms with Crippen molar-refractivity contribution in [3.63, 3.8) is 0 Å². The summed E-state index contributed by atoms with van der Waals surface area (Å²) in [5.74, 6) is 0.499. The van der Waals surface area contributed by atoms with E-state index in [1.54, 1.807) is 6.20 Å². The molecule has 0 saturated heterocycles. The van der Waals surface area contributed by atoms with Crippen LogP contribution in [0.5, 0.6) is 0 Å². The van der Waals surface area contributed by atoms with Crippen molar-refractivity contribution in [1.82, 2.24) is 4.98 Å². The molecule has 56 valence electrons. The molecule has 11 heavy (non-hydrogen) atoms. The Hall–Kier alpha value is -1.18. The summed E-state index contributed by atoms with van der Waals surface area (Å²) in [6.07, 6.45) is 6.82. The van der Waals surface area contributed by atoms with Crippen molar-refractivity contribution in [1.29, 1.82) is 0 Å². The van der Waals surface area contributed by atoms with Gasteiger partial charge in [-0.2, -0.15) is 0 Å². The van der Waals surface area contributed by atoms with Crippen molar-refractivity contribution < 1.29 is 0 Å². The van der Waals surface area contributed by atoms with Gasteiger partial charge in [0.1, 0.15) is 0 Å². The zero-order valence-corrected chi connectivity index (χ0v) is 6.49. The van der Waals surface area contributed by atoms with Gasteiger partial charge in [0.05, 0.1) is 5.69 Å². The van der Waals surface area contributed by atoms with Gasteiger partial charge in [0.15, 0.2) is 0 Å². The number of aliphatic imine (C=N–C) groups is 1. The Kier molecular flexibility index (Phi) is 1.46. The number of pyridine rings is 1. The highest BCUT2D eigenvalue weighted by molar-refractivity contribution is 5.79. The lowest BCUT2D eigenvalue weighted by atomic mass is 10.0. The van der Waals surface area contributed by atoms with Crippen LogP contribution in [0.25, 0.3) is 0 Å². The van der Waals surface area contributed by atoms with Crippen LogP contribution in [-0.4, -0.2) is 11.2 Å². The van der Waals surface area contributed by atoms with Gasteiger partial charge in [-0.3, -0.25) is 9.98 Å². The van der Waals surface area contributed by atoms with E-state index < -0.39 is 0 Å². The van der Waals surface area contributed by atoms with Crippen LogP contribution in [0.1, 0.15) is 24.8 Å². The molecule has 1 aliphatic rings. The van der Waals surface area contributed by atoms with E-state index >= 15 is 0 Å². The number of fused-ring (bicyclic) bond motifs is 1. The summed E-state index contributed by atoms with van der Waals surface area (Å²) in [5, 5.41) is 0. The first-order valence-corrected chi connectivity index (χ1v) is 3.90. The maximum atomic E-state index is 4.29. The minimum atomic E-state index is 0.499. The molecule has 0 amide bonds. The molecule has 0 N–H and O–H groups in total. The van der Waals surface area contributed by atoms with Crippen LogP contribution in [0.2, 0.25) is 0 Å². The summed E-state index contributed by atoms with van der Waals surface area (Å²) in [7, 11) is 0. The fraction of sp³-hybridized carbons (Fsp3) is 0.333. The van der Waals surface area contributed by atoms with Crippen molar-refractivity contribution in [3.8, 4) is 0 Å². The molecule has 1 aromatic rings. The molecule has 1 aliphatic heterocycles. The molecule has 2 nitrogen and oxygen atoms in total. The molecule has 1 unspecified atom stereocenters. The molecule has 0 aromatic carbocycles. The number of nitrogens with zero attached hydrogens (tertiary/aromatic N) is 2.